The van der Waals surface area contributed by atoms with Crippen LogP contribution in [0.4, 0.5) is 0 Å². The number of hydrogen-bond donors (Lipinski definition) is 1. The Bertz CT molecular complexity index is 613. The Balaban J connectivity index is 1.54. The number of nitrogens with one attached hydrogen (secondary N) is 1. The summed E-state index contributed by atoms with van der Waals surface area (Å²) in [6.45, 7) is 3.31. The molecule has 26 heavy (non-hydrogen) atoms. The minimum Gasteiger partial charge on any atom is -0.491 e. The van der Waals surface area contributed by atoms with Crippen molar-refractivity contribution in [2.24, 2.45) is 0 Å². The van der Waals surface area contributed by atoms with Gasteiger partial charge in [-0.15, -0.1) is 0 Å². The Kier molecular flexibility index (Phi) is 7.08. The molecule has 1 aliphatic carbocycles. The Morgan fingerprint density at radius 1 is 1.19 bits per heavy atom. The van der Waals surface area contributed by atoms with Gasteiger partial charge in [0, 0.05) is 34.8 Å². The average Bonchev–Trinajstić information content (AvgIpc) is 3.20. The number of benzene rings is 1. The summed E-state index contributed by atoms with van der Waals surface area (Å²) in [5, 5.41) is 3.18. The second-order valence-corrected chi connectivity index (χ2v) is 8.99. The van der Waals surface area contributed by atoms with Gasteiger partial charge >= 0.3 is 0 Å². The topological polar surface area (TPSA) is 64.6 Å². The summed E-state index contributed by atoms with van der Waals surface area (Å²) in [6, 6.07) is 7.23. The molecule has 0 aromatic heterocycles. The highest BCUT2D eigenvalue weighted by Gasteiger charge is 2.30. The molecule has 2 aliphatic rings. The molecule has 0 unspecified atom stereocenters. The van der Waals surface area contributed by atoms with Crippen LogP contribution in [0.1, 0.15) is 55.8 Å². The molecule has 5 nitrogen and oxygen atoms in total. The minimum atomic E-state index is -0.871. The van der Waals surface area contributed by atoms with Gasteiger partial charge in [0.25, 0.3) is 5.91 Å². The molecule has 1 saturated carbocycles. The zero-order chi connectivity index (χ0) is 18.4. The fourth-order valence-corrected chi connectivity index (χ4v) is 5.14. The first-order valence-corrected chi connectivity index (χ1v) is 11.1. The van der Waals surface area contributed by atoms with Crippen molar-refractivity contribution >= 4 is 16.7 Å². The maximum atomic E-state index is 12.6. The van der Waals surface area contributed by atoms with E-state index in [1.165, 1.54) is 0 Å². The molecular weight excluding hydrogens is 350 g/mol. The standard InChI is InChI=1S/C20H29NO4S/c1-2-26(23)19-8-4-3-7-18(19)21-20(22)15-9-11-16(12-10-15)25-14-17-6-5-13-24-17/h9-12,17-19H,2-8,13-14H2,1H3,(H,21,22)/t17-,18-,19-,26+/m1/s1. The molecule has 4 atom stereocenters. The van der Waals surface area contributed by atoms with Crippen LogP contribution in [0.5, 0.6) is 5.75 Å². The molecule has 1 N–H and O–H groups in total. The summed E-state index contributed by atoms with van der Waals surface area (Å²) in [5.41, 5.74) is 0.612. The van der Waals surface area contributed by atoms with Gasteiger partial charge in [-0.25, -0.2) is 0 Å². The van der Waals surface area contributed by atoms with Gasteiger partial charge < -0.3 is 14.8 Å². The van der Waals surface area contributed by atoms with Crippen LogP contribution in [0.25, 0.3) is 0 Å². The van der Waals surface area contributed by atoms with E-state index in [1.54, 1.807) is 12.1 Å². The maximum absolute atomic E-state index is 12.6. The van der Waals surface area contributed by atoms with E-state index in [4.69, 9.17) is 9.47 Å². The highest BCUT2D eigenvalue weighted by Crippen LogP contribution is 2.24. The summed E-state index contributed by atoms with van der Waals surface area (Å²) in [4.78, 5) is 12.6. The second-order valence-electron chi connectivity index (χ2n) is 7.04. The third-order valence-corrected chi connectivity index (χ3v) is 7.03. The predicted molar refractivity (Wildman–Crippen MR) is 103 cm³/mol. The van der Waals surface area contributed by atoms with Gasteiger partial charge in [0.05, 0.1) is 11.4 Å². The zero-order valence-electron chi connectivity index (χ0n) is 15.4. The minimum absolute atomic E-state index is 0.00692. The molecule has 1 aromatic carbocycles. The summed E-state index contributed by atoms with van der Waals surface area (Å²) in [6.07, 6.45) is 6.34. The molecule has 1 aromatic rings. The summed E-state index contributed by atoms with van der Waals surface area (Å²) in [7, 11) is -0.871. The van der Waals surface area contributed by atoms with E-state index >= 15 is 0 Å². The van der Waals surface area contributed by atoms with Crippen molar-refractivity contribution in [3.8, 4) is 5.75 Å². The zero-order valence-corrected chi connectivity index (χ0v) is 16.3. The van der Waals surface area contributed by atoms with Gasteiger partial charge in [-0.2, -0.15) is 0 Å². The Labute approximate surface area is 158 Å². The van der Waals surface area contributed by atoms with Gasteiger partial charge in [-0.05, 0) is 49.9 Å². The summed E-state index contributed by atoms with van der Waals surface area (Å²) >= 11 is 0. The van der Waals surface area contributed by atoms with Crippen molar-refractivity contribution in [1.29, 1.82) is 0 Å². The largest absolute Gasteiger partial charge is 0.491 e. The highest BCUT2D eigenvalue weighted by molar-refractivity contribution is 7.85. The third kappa shape index (κ3) is 5.07. The van der Waals surface area contributed by atoms with Crippen molar-refractivity contribution in [1.82, 2.24) is 5.32 Å². The summed E-state index contributed by atoms with van der Waals surface area (Å²) < 4.78 is 23.5. The molecule has 3 rings (SSSR count). The van der Waals surface area contributed by atoms with E-state index in [2.05, 4.69) is 5.32 Å². The van der Waals surface area contributed by atoms with E-state index in [1.807, 2.05) is 19.1 Å². The van der Waals surface area contributed by atoms with Gasteiger partial charge in [0.1, 0.15) is 12.4 Å². The van der Waals surface area contributed by atoms with E-state index in [0.717, 1.165) is 50.9 Å². The van der Waals surface area contributed by atoms with Crippen molar-refractivity contribution in [2.75, 3.05) is 19.0 Å². The van der Waals surface area contributed by atoms with Crippen LogP contribution in [-0.2, 0) is 15.5 Å². The van der Waals surface area contributed by atoms with E-state index in [9.17, 15) is 9.00 Å². The predicted octanol–water partition coefficient (Wildman–Crippen LogP) is 3.05. The van der Waals surface area contributed by atoms with Gasteiger partial charge in [-0.1, -0.05) is 19.8 Å². The lowest BCUT2D eigenvalue weighted by molar-refractivity contribution is 0.0679. The Hall–Kier alpha value is -1.40. The van der Waals surface area contributed by atoms with E-state index in [0.29, 0.717) is 17.9 Å². The van der Waals surface area contributed by atoms with Crippen LogP contribution in [0, 0.1) is 0 Å². The fourth-order valence-electron chi connectivity index (χ4n) is 3.71. The number of hydrogen-bond acceptors (Lipinski definition) is 4. The lowest BCUT2D eigenvalue weighted by Gasteiger charge is -2.31. The summed E-state index contributed by atoms with van der Waals surface area (Å²) in [5.74, 6) is 1.30. The Morgan fingerprint density at radius 3 is 2.65 bits per heavy atom. The van der Waals surface area contributed by atoms with Crippen molar-refractivity contribution in [3.05, 3.63) is 29.8 Å². The number of ether oxygens (including phenoxy) is 2. The lowest BCUT2D eigenvalue weighted by atomic mass is 9.94. The van der Waals surface area contributed by atoms with Gasteiger partial charge in [0.2, 0.25) is 0 Å². The molecule has 1 aliphatic heterocycles. The molecule has 6 heteroatoms. The van der Waals surface area contributed by atoms with Crippen molar-refractivity contribution in [2.45, 2.75) is 62.8 Å². The van der Waals surface area contributed by atoms with Crippen LogP contribution in [-0.4, -0.2) is 46.5 Å². The highest BCUT2D eigenvalue weighted by atomic mass is 32.2. The fraction of sp³-hybridized carbons (Fsp3) is 0.650. The van der Waals surface area contributed by atoms with Crippen LogP contribution in [0.2, 0.25) is 0 Å². The third-order valence-electron chi connectivity index (χ3n) is 5.22. The lowest BCUT2D eigenvalue weighted by Crippen LogP contribution is -2.47. The van der Waals surface area contributed by atoms with Crippen LogP contribution in [0.3, 0.4) is 0 Å². The molecule has 1 saturated heterocycles. The molecule has 2 fully saturated rings. The monoisotopic (exact) mass is 379 g/mol. The van der Waals surface area contributed by atoms with Crippen molar-refractivity contribution < 1.29 is 18.5 Å². The first-order valence-electron chi connectivity index (χ1n) is 9.70. The SMILES string of the molecule is CC[S@](=O)[C@@H]1CCCC[C@H]1NC(=O)c1ccc(OC[C@H]2CCCO2)cc1. The number of rotatable bonds is 7. The molecule has 0 bridgehead atoms. The molecule has 1 heterocycles. The Morgan fingerprint density at radius 2 is 1.96 bits per heavy atom. The van der Waals surface area contributed by atoms with E-state index < -0.39 is 10.8 Å². The van der Waals surface area contributed by atoms with Crippen molar-refractivity contribution in [3.63, 3.8) is 0 Å². The quantitative estimate of drug-likeness (QED) is 0.791. The second kappa shape index (κ2) is 9.51. The van der Waals surface area contributed by atoms with Crippen LogP contribution < -0.4 is 10.1 Å². The number of carbonyl (C=O) groups excluding carboxylic acids is 1. The smallest absolute Gasteiger partial charge is 0.251 e. The van der Waals surface area contributed by atoms with Gasteiger partial charge in [0.15, 0.2) is 0 Å². The molecule has 1 amide bonds. The van der Waals surface area contributed by atoms with Gasteiger partial charge in [-0.3, -0.25) is 9.00 Å². The van der Waals surface area contributed by atoms with Crippen LogP contribution >= 0.6 is 0 Å². The first-order chi connectivity index (χ1) is 12.7. The molecule has 0 radical (unpaired) electrons. The molecule has 144 valence electrons. The maximum Gasteiger partial charge on any atom is 0.251 e. The normalized spacial score (nSPS) is 27.0. The van der Waals surface area contributed by atoms with Crippen LogP contribution in [0.15, 0.2) is 24.3 Å². The average molecular weight is 380 g/mol. The first kappa shape index (κ1) is 19.4. The molecule has 0 spiro atoms. The number of amides is 1. The number of carbonyl (C=O) groups is 1. The van der Waals surface area contributed by atoms with E-state index in [-0.39, 0.29) is 23.3 Å². The molecular formula is C20H29NO4S.